The maximum Gasteiger partial charge on any atom is 0.231 e. The van der Waals surface area contributed by atoms with Crippen LogP contribution in [0.2, 0.25) is 0 Å². The van der Waals surface area contributed by atoms with Crippen molar-refractivity contribution >= 4 is 39.8 Å². The van der Waals surface area contributed by atoms with Crippen LogP contribution in [-0.2, 0) is 16.3 Å². The van der Waals surface area contributed by atoms with Crippen molar-refractivity contribution in [1.29, 1.82) is 0 Å². The number of aliphatic imine (C=N–C) groups is 1. The molecule has 1 aromatic carbocycles. The summed E-state index contributed by atoms with van der Waals surface area (Å²) < 4.78 is 33.8. The normalized spacial score (nSPS) is 20.8. The van der Waals surface area contributed by atoms with E-state index in [2.05, 4.69) is 15.6 Å². The average Bonchev–Trinajstić information content (AvgIpc) is 3.13. The Balaban J connectivity index is 0.00000225. The average molecular weight is 481 g/mol. The highest BCUT2D eigenvalue weighted by Gasteiger charge is 2.28. The van der Waals surface area contributed by atoms with Crippen molar-refractivity contribution in [3.63, 3.8) is 0 Å². The second-order valence-electron chi connectivity index (χ2n) is 5.94. The fourth-order valence-corrected chi connectivity index (χ4v) is 4.49. The molecule has 1 fully saturated rings. The van der Waals surface area contributed by atoms with E-state index >= 15 is 0 Å². The zero-order valence-electron chi connectivity index (χ0n) is 14.2. The fraction of sp³-hybridized carbons (Fsp3) is 0.562. The van der Waals surface area contributed by atoms with Gasteiger partial charge in [-0.1, -0.05) is 6.07 Å². The van der Waals surface area contributed by atoms with Crippen LogP contribution in [0.15, 0.2) is 23.2 Å². The van der Waals surface area contributed by atoms with Crippen LogP contribution in [0, 0.1) is 0 Å². The molecule has 9 heteroatoms. The van der Waals surface area contributed by atoms with Crippen LogP contribution in [-0.4, -0.2) is 51.8 Å². The molecule has 1 atom stereocenters. The second kappa shape index (κ2) is 8.93. The van der Waals surface area contributed by atoms with Crippen LogP contribution < -0.4 is 20.1 Å². The van der Waals surface area contributed by atoms with Crippen molar-refractivity contribution in [1.82, 2.24) is 10.6 Å². The molecule has 0 aromatic heterocycles. The highest BCUT2D eigenvalue weighted by atomic mass is 127. The topological polar surface area (TPSA) is 89.0 Å². The first-order chi connectivity index (χ1) is 11.6. The Morgan fingerprint density at radius 2 is 2.12 bits per heavy atom. The first-order valence-electron chi connectivity index (χ1n) is 8.19. The number of hydrogen-bond donors (Lipinski definition) is 2. The molecule has 0 spiro atoms. The maximum absolute atomic E-state index is 11.6. The number of ether oxygens (including phenoxy) is 2. The maximum atomic E-state index is 11.6. The monoisotopic (exact) mass is 481 g/mol. The molecule has 0 saturated carbocycles. The van der Waals surface area contributed by atoms with E-state index in [0.717, 1.165) is 30.0 Å². The summed E-state index contributed by atoms with van der Waals surface area (Å²) in [5.74, 6) is 2.65. The summed E-state index contributed by atoms with van der Waals surface area (Å²) in [5, 5.41) is 6.38. The Hall–Kier alpha value is -1.23. The van der Waals surface area contributed by atoms with Gasteiger partial charge in [0, 0.05) is 19.1 Å². The molecule has 1 saturated heterocycles. The molecule has 0 bridgehead atoms. The second-order valence-corrected chi connectivity index (χ2v) is 8.17. The largest absolute Gasteiger partial charge is 0.454 e. The van der Waals surface area contributed by atoms with E-state index in [-0.39, 0.29) is 48.3 Å². The van der Waals surface area contributed by atoms with Gasteiger partial charge in [0.1, 0.15) is 0 Å². The van der Waals surface area contributed by atoms with E-state index in [4.69, 9.17) is 9.47 Å². The van der Waals surface area contributed by atoms with Crippen molar-refractivity contribution in [2.75, 3.05) is 31.4 Å². The van der Waals surface area contributed by atoms with Crippen LogP contribution in [0.1, 0.15) is 18.9 Å². The van der Waals surface area contributed by atoms with E-state index in [1.807, 2.05) is 25.1 Å². The Bertz CT molecular complexity index is 724. The molecule has 140 valence electrons. The molecule has 1 unspecified atom stereocenters. The van der Waals surface area contributed by atoms with Crippen LogP contribution in [0.5, 0.6) is 11.5 Å². The lowest BCUT2D eigenvalue weighted by atomic mass is 10.1. The molecule has 0 aliphatic carbocycles. The van der Waals surface area contributed by atoms with Gasteiger partial charge in [0.15, 0.2) is 27.3 Å². The van der Waals surface area contributed by atoms with E-state index in [0.29, 0.717) is 18.9 Å². The van der Waals surface area contributed by atoms with E-state index in [1.165, 1.54) is 0 Å². The number of benzene rings is 1. The van der Waals surface area contributed by atoms with Crippen molar-refractivity contribution in [3.8, 4) is 11.5 Å². The number of nitrogens with one attached hydrogen (secondary N) is 2. The Kier molecular flexibility index (Phi) is 7.17. The summed E-state index contributed by atoms with van der Waals surface area (Å²) in [7, 11) is -2.90. The summed E-state index contributed by atoms with van der Waals surface area (Å²) in [6, 6.07) is 5.83. The molecule has 2 aliphatic heterocycles. The summed E-state index contributed by atoms with van der Waals surface area (Å²) in [6.45, 7) is 3.60. The third kappa shape index (κ3) is 5.63. The van der Waals surface area contributed by atoms with Gasteiger partial charge < -0.3 is 20.1 Å². The molecular weight excluding hydrogens is 457 g/mol. The fourth-order valence-electron chi connectivity index (χ4n) is 2.82. The minimum Gasteiger partial charge on any atom is -0.454 e. The molecule has 2 heterocycles. The smallest absolute Gasteiger partial charge is 0.231 e. The Labute approximate surface area is 165 Å². The lowest BCUT2D eigenvalue weighted by Gasteiger charge is -2.15. The lowest BCUT2D eigenvalue weighted by Crippen LogP contribution is -2.44. The number of rotatable bonds is 5. The third-order valence-electron chi connectivity index (χ3n) is 4.02. The predicted molar refractivity (Wildman–Crippen MR) is 108 cm³/mol. The van der Waals surface area contributed by atoms with Crippen LogP contribution in [0.4, 0.5) is 0 Å². The van der Waals surface area contributed by atoms with Gasteiger partial charge in [-0.3, -0.25) is 4.99 Å². The number of sulfone groups is 1. The molecule has 3 rings (SSSR count). The number of nitrogens with zero attached hydrogens (tertiary/aromatic N) is 1. The van der Waals surface area contributed by atoms with Gasteiger partial charge in [-0.25, -0.2) is 8.42 Å². The third-order valence-corrected chi connectivity index (χ3v) is 5.79. The number of guanidine groups is 1. The Morgan fingerprint density at radius 1 is 1.32 bits per heavy atom. The minimum atomic E-state index is -2.90. The number of hydrogen-bond acceptors (Lipinski definition) is 5. The van der Waals surface area contributed by atoms with E-state index < -0.39 is 9.84 Å². The highest BCUT2D eigenvalue weighted by Crippen LogP contribution is 2.32. The van der Waals surface area contributed by atoms with Crippen LogP contribution in [0.3, 0.4) is 0 Å². The zero-order valence-corrected chi connectivity index (χ0v) is 17.3. The summed E-state index contributed by atoms with van der Waals surface area (Å²) >= 11 is 0. The van der Waals surface area contributed by atoms with Gasteiger partial charge in [-0.05, 0) is 37.5 Å². The summed E-state index contributed by atoms with van der Waals surface area (Å²) in [4.78, 5) is 4.54. The van der Waals surface area contributed by atoms with Gasteiger partial charge in [-0.2, -0.15) is 0 Å². The lowest BCUT2D eigenvalue weighted by molar-refractivity contribution is 0.174. The van der Waals surface area contributed by atoms with Crippen molar-refractivity contribution in [2.24, 2.45) is 4.99 Å². The summed E-state index contributed by atoms with van der Waals surface area (Å²) in [5.41, 5.74) is 1.13. The standard InChI is InChI=1S/C16H23N3O4S.HI/c1-2-17-16(19-13-6-8-24(20,21)10-13)18-7-5-12-3-4-14-15(9-12)23-11-22-14;/h3-4,9,13H,2,5-8,10-11H2,1H3,(H2,17,18,19);1H. The van der Waals surface area contributed by atoms with Gasteiger partial charge in [0.05, 0.1) is 11.5 Å². The SMILES string of the molecule is CCNC(=NCCc1ccc2c(c1)OCO2)NC1CCS(=O)(=O)C1.I. The highest BCUT2D eigenvalue weighted by molar-refractivity contribution is 14.0. The van der Waals surface area contributed by atoms with Gasteiger partial charge in [0.25, 0.3) is 0 Å². The summed E-state index contributed by atoms with van der Waals surface area (Å²) in [6.07, 6.45) is 1.41. The molecular formula is C16H24IN3O4S. The first-order valence-corrected chi connectivity index (χ1v) is 10.0. The molecule has 0 amide bonds. The van der Waals surface area contributed by atoms with Crippen molar-refractivity contribution < 1.29 is 17.9 Å². The van der Waals surface area contributed by atoms with Gasteiger partial charge >= 0.3 is 0 Å². The predicted octanol–water partition coefficient (Wildman–Crippen LogP) is 1.32. The number of fused-ring (bicyclic) bond motifs is 1. The molecule has 1 aromatic rings. The molecule has 2 N–H and O–H groups in total. The van der Waals surface area contributed by atoms with Gasteiger partial charge in [0.2, 0.25) is 6.79 Å². The van der Waals surface area contributed by atoms with E-state index in [9.17, 15) is 8.42 Å². The van der Waals surface area contributed by atoms with Crippen molar-refractivity contribution in [2.45, 2.75) is 25.8 Å². The van der Waals surface area contributed by atoms with Crippen molar-refractivity contribution in [3.05, 3.63) is 23.8 Å². The number of halogens is 1. The van der Waals surface area contributed by atoms with Gasteiger partial charge in [-0.15, -0.1) is 24.0 Å². The Morgan fingerprint density at radius 3 is 2.84 bits per heavy atom. The zero-order chi connectivity index (χ0) is 17.0. The van der Waals surface area contributed by atoms with Crippen LogP contribution >= 0.6 is 24.0 Å². The molecule has 2 aliphatic rings. The van der Waals surface area contributed by atoms with Crippen LogP contribution in [0.25, 0.3) is 0 Å². The molecule has 25 heavy (non-hydrogen) atoms. The first kappa shape index (κ1) is 20.1. The minimum absolute atomic E-state index is 0. The van der Waals surface area contributed by atoms with E-state index in [1.54, 1.807) is 0 Å². The quantitative estimate of drug-likeness (QED) is 0.375. The molecule has 7 nitrogen and oxygen atoms in total. The molecule has 0 radical (unpaired) electrons.